The van der Waals surface area contributed by atoms with Crippen LogP contribution in [0.5, 0.6) is 0 Å². The first-order valence-electron chi connectivity index (χ1n) is 13.9. The van der Waals surface area contributed by atoms with E-state index in [0.29, 0.717) is 25.3 Å². The van der Waals surface area contributed by atoms with Crippen LogP contribution < -0.4 is 10.6 Å². The van der Waals surface area contributed by atoms with Crippen molar-refractivity contribution in [1.82, 2.24) is 34.7 Å². The lowest BCUT2D eigenvalue weighted by atomic mass is 10.1. The Bertz CT molecular complexity index is 1410. The van der Waals surface area contributed by atoms with Gasteiger partial charge in [0, 0.05) is 59.8 Å². The van der Waals surface area contributed by atoms with Crippen LogP contribution in [0.15, 0.2) is 24.8 Å². The first-order chi connectivity index (χ1) is 19.3. The number of imidazole rings is 1. The van der Waals surface area contributed by atoms with Crippen molar-refractivity contribution in [1.29, 1.82) is 0 Å². The van der Waals surface area contributed by atoms with Crippen LogP contribution in [-0.4, -0.2) is 104 Å². The van der Waals surface area contributed by atoms with Crippen molar-refractivity contribution in [2.24, 2.45) is 0 Å². The fourth-order valence-electron chi connectivity index (χ4n) is 4.21. The van der Waals surface area contributed by atoms with E-state index < -0.39 is 44.4 Å². The molecule has 0 aliphatic carbocycles. The molecule has 13 nitrogen and oxygen atoms in total. The minimum atomic E-state index is -2.84. The van der Waals surface area contributed by atoms with Gasteiger partial charge in [-0.25, -0.2) is 15.0 Å². The molecule has 13 heteroatoms. The average Bonchev–Trinajstić information content (AvgIpc) is 3.44. The fourth-order valence-corrected chi connectivity index (χ4v) is 4.21. The number of likely N-dealkylation sites (N-methyl/N-ethyl adjacent to an activating group) is 1. The van der Waals surface area contributed by atoms with Crippen molar-refractivity contribution in [2.45, 2.75) is 31.1 Å². The van der Waals surface area contributed by atoms with Crippen molar-refractivity contribution in [2.75, 3.05) is 45.6 Å². The van der Waals surface area contributed by atoms with Gasteiger partial charge in [-0.05, 0) is 11.6 Å². The van der Waals surface area contributed by atoms with Crippen LogP contribution in [0.3, 0.4) is 0 Å². The maximum Gasteiger partial charge on any atom is 0.251 e. The van der Waals surface area contributed by atoms with E-state index in [1.165, 1.54) is 17.1 Å². The van der Waals surface area contributed by atoms with Gasteiger partial charge in [-0.15, -0.1) is 0 Å². The molecule has 186 valence electrons. The Hall–Kier alpha value is -3.23. The zero-order valence-corrected chi connectivity index (χ0v) is 18.5. The minimum absolute atomic E-state index is 0.0167. The molecule has 1 amide bonds. The van der Waals surface area contributed by atoms with Crippen LogP contribution in [0.2, 0.25) is 0 Å². The number of carbonyl (C=O) groups is 1. The summed E-state index contributed by atoms with van der Waals surface area (Å²) in [6.07, 6.45) is -2.18. The molecule has 0 radical (unpaired) electrons. The molecule has 2 fully saturated rings. The second kappa shape index (κ2) is 9.79. The van der Waals surface area contributed by atoms with Gasteiger partial charge in [0.1, 0.15) is 12.2 Å². The van der Waals surface area contributed by atoms with Crippen molar-refractivity contribution in [3.8, 4) is 11.4 Å². The number of amides is 1. The lowest BCUT2D eigenvalue weighted by Gasteiger charge is -2.26. The number of aromatic nitrogens is 5. The normalized spacial score (nSPS) is 28.4. The summed E-state index contributed by atoms with van der Waals surface area (Å²) in [5.41, 5.74) is 1.38. The van der Waals surface area contributed by atoms with Crippen LogP contribution >= 0.6 is 0 Å². The standard InChI is InChI=1S/C22H28N8O5/c1-23-19-14-20(30(11-26-14)22-16(32)15(31)17(35-22)21(33)24-2)28-18(27-19)13-7-12(8-25-9-13)10-29-3-5-34-6-4-29/h7-9,11,15-17,22,31-32H,3-6,10H2,1-2H3,(H,24,33)(H,23,27,28)/t15-,16+,17-,22+/m0/s1/i1D3,2D3. The van der Waals surface area contributed by atoms with Crippen molar-refractivity contribution >= 4 is 22.9 Å². The largest absolute Gasteiger partial charge is 0.387 e. The first-order valence-corrected chi connectivity index (χ1v) is 10.9. The Morgan fingerprint density at radius 3 is 2.89 bits per heavy atom. The molecule has 3 aromatic heterocycles. The van der Waals surface area contributed by atoms with Gasteiger partial charge in [0.25, 0.3) is 5.91 Å². The van der Waals surface area contributed by atoms with Gasteiger partial charge in [0.15, 0.2) is 35.1 Å². The monoisotopic (exact) mass is 490 g/mol. The van der Waals surface area contributed by atoms with Crippen LogP contribution in [0, 0.1) is 0 Å². The highest BCUT2D eigenvalue weighted by molar-refractivity contribution is 5.85. The van der Waals surface area contributed by atoms with E-state index >= 15 is 0 Å². The lowest BCUT2D eigenvalue weighted by Crippen LogP contribution is -2.41. The summed E-state index contributed by atoms with van der Waals surface area (Å²) < 4.78 is 56.9. The Labute approximate surface area is 209 Å². The quantitative estimate of drug-likeness (QED) is 0.340. The van der Waals surface area contributed by atoms with E-state index in [-0.39, 0.29) is 22.8 Å². The SMILES string of the molecule is [2H]C([2H])([2H])NC(=O)[C@H]1O[C@@H](n2cnc3c(NC([2H])([2H])[2H])nc(-c4cncc(CN5CCOCC5)c4)nc32)[C@H](O)[C@@H]1O. The third kappa shape index (κ3) is 4.44. The highest BCUT2D eigenvalue weighted by Gasteiger charge is 2.47. The predicted octanol–water partition coefficient (Wildman–Crippen LogP) is -0.873. The zero-order chi connectivity index (χ0) is 29.5. The first kappa shape index (κ1) is 17.2. The van der Waals surface area contributed by atoms with Gasteiger partial charge in [-0.1, -0.05) is 0 Å². The number of ether oxygens (including phenoxy) is 2. The van der Waals surface area contributed by atoms with E-state index in [2.05, 4.69) is 30.2 Å². The average molecular weight is 491 g/mol. The van der Waals surface area contributed by atoms with Gasteiger partial charge in [0.05, 0.1) is 19.5 Å². The number of hydrogen-bond acceptors (Lipinski definition) is 11. The second-order valence-corrected chi connectivity index (χ2v) is 8.23. The number of anilines is 1. The number of pyridine rings is 1. The van der Waals surface area contributed by atoms with Gasteiger partial charge in [-0.3, -0.25) is 19.2 Å². The molecule has 0 unspecified atom stereocenters. The van der Waals surface area contributed by atoms with Gasteiger partial charge in [-0.2, -0.15) is 0 Å². The van der Waals surface area contributed by atoms with Crippen LogP contribution in [0.25, 0.3) is 22.6 Å². The van der Waals surface area contributed by atoms with Crippen LogP contribution in [0.1, 0.15) is 20.0 Å². The molecular formula is C22H28N8O5. The summed E-state index contributed by atoms with van der Waals surface area (Å²) in [6, 6.07) is 1.82. The molecule has 35 heavy (non-hydrogen) atoms. The lowest BCUT2D eigenvalue weighted by molar-refractivity contribution is -0.137. The number of nitrogens with one attached hydrogen (secondary N) is 2. The molecule has 0 spiro atoms. The number of aliphatic hydroxyl groups is 2. The number of rotatable bonds is 6. The molecule has 5 heterocycles. The van der Waals surface area contributed by atoms with E-state index in [0.717, 1.165) is 18.7 Å². The van der Waals surface area contributed by atoms with E-state index in [1.54, 1.807) is 11.5 Å². The predicted molar refractivity (Wildman–Crippen MR) is 124 cm³/mol. The maximum atomic E-state index is 12.4. The number of aliphatic hydroxyl groups excluding tert-OH is 2. The fraction of sp³-hybridized carbons (Fsp3) is 0.500. The number of fused-ring (bicyclic) bond motifs is 1. The van der Waals surface area contributed by atoms with Crippen molar-refractivity contribution < 1.29 is 32.7 Å². The minimum Gasteiger partial charge on any atom is -0.387 e. The summed E-state index contributed by atoms with van der Waals surface area (Å²) in [7, 11) is 0. The summed E-state index contributed by atoms with van der Waals surface area (Å²) in [5, 5.41) is 25.3. The smallest absolute Gasteiger partial charge is 0.251 e. The van der Waals surface area contributed by atoms with Gasteiger partial charge < -0.3 is 30.3 Å². The number of hydrogen-bond donors (Lipinski definition) is 4. The summed E-state index contributed by atoms with van der Waals surface area (Å²) >= 11 is 0. The third-order valence-corrected chi connectivity index (χ3v) is 6.00. The topological polar surface area (TPSA) is 160 Å². The van der Waals surface area contributed by atoms with Crippen LogP contribution in [-0.2, 0) is 20.8 Å². The van der Waals surface area contributed by atoms with Gasteiger partial charge >= 0.3 is 0 Å². The number of nitrogens with zero attached hydrogens (tertiary/aromatic N) is 6. The summed E-state index contributed by atoms with van der Waals surface area (Å²) in [6.45, 7) is -2.10. The third-order valence-electron chi connectivity index (χ3n) is 6.00. The van der Waals surface area contributed by atoms with E-state index in [9.17, 15) is 15.0 Å². The Balaban J connectivity index is 1.52. The molecule has 2 aliphatic heterocycles. The molecule has 3 aromatic rings. The second-order valence-electron chi connectivity index (χ2n) is 8.23. The van der Waals surface area contributed by atoms with Gasteiger partial charge in [0.2, 0.25) is 0 Å². The highest BCUT2D eigenvalue weighted by atomic mass is 16.6. The molecule has 0 bridgehead atoms. The van der Waals surface area contributed by atoms with E-state index in [4.69, 9.17) is 17.7 Å². The molecule has 2 aliphatic rings. The molecular weight excluding hydrogens is 456 g/mol. The molecule has 4 atom stereocenters. The summed E-state index contributed by atoms with van der Waals surface area (Å²) in [5.74, 6) is -1.19. The molecule has 0 aromatic carbocycles. The Kier molecular flexibility index (Phi) is 4.82. The molecule has 0 saturated carbocycles. The van der Waals surface area contributed by atoms with Crippen LogP contribution in [0.4, 0.5) is 5.82 Å². The maximum absolute atomic E-state index is 12.4. The summed E-state index contributed by atoms with van der Waals surface area (Å²) in [4.78, 5) is 32.0. The molecule has 2 saturated heterocycles. The number of morpholine rings is 1. The molecule has 5 rings (SSSR count). The highest BCUT2D eigenvalue weighted by Crippen LogP contribution is 2.33. The Morgan fingerprint density at radius 1 is 1.23 bits per heavy atom. The molecule has 4 N–H and O–H groups in total. The van der Waals surface area contributed by atoms with E-state index in [1.807, 2.05) is 6.07 Å². The van der Waals surface area contributed by atoms with Crippen molar-refractivity contribution in [3.63, 3.8) is 0 Å². The van der Waals surface area contributed by atoms with Crippen molar-refractivity contribution in [3.05, 3.63) is 30.4 Å². The Morgan fingerprint density at radius 2 is 2.09 bits per heavy atom. The zero-order valence-electron chi connectivity index (χ0n) is 24.5. The number of carbonyl (C=O) groups excluding carboxylic acids is 1.